The van der Waals surface area contributed by atoms with E-state index < -0.39 is 0 Å². The molecule has 13 heavy (non-hydrogen) atoms. The molecule has 0 radical (unpaired) electrons. The molecule has 0 aliphatic heterocycles. The summed E-state index contributed by atoms with van der Waals surface area (Å²) in [5.41, 5.74) is 0.226. The summed E-state index contributed by atoms with van der Waals surface area (Å²) in [5.74, 6) is 0.569. The molecule has 0 bridgehead atoms. The van der Waals surface area contributed by atoms with Crippen LogP contribution in [0.4, 0.5) is 0 Å². The van der Waals surface area contributed by atoms with Crippen molar-refractivity contribution >= 4 is 23.4 Å². The van der Waals surface area contributed by atoms with Gasteiger partial charge in [-0.25, -0.2) is 4.98 Å². The molecule has 1 N–H and O–H groups in total. The Morgan fingerprint density at radius 3 is 3.00 bits per heavy atom. The van der Waals surface area contributed by atoms with Crippen molar-refractivity contribution in [1.29, 1.82) is 5.26 Å². The van der Waals surface area contributed by atoms with E-state index in [4.69, 9.17) is 22.0 Å². The maximum Gasteiger partial charge on any atom is 0.160 e. The summed E-state index contributed by atoms with van der Waals surface area (Å²) >= 11 is 7.07. The minimum Gasteiger partial charge on any atom is -0.396 e. The zero-order chi connectivity index (χ0) is 9.68. The van der Waals surface area contributed by atoms with Gasteiger partial charge in [-0.05, 0) is 12.1 Å². The Hall–Kier alpha value is -0.760. The highest BCUT2D eigenvalue weighted by atomic mass is 35.5. The maximum absolute atomic E-state index is 8.61. The molecule has 0 spiro atoms. The van der Waals surface area contributed by atoms with Crippen LogP contribution in [0.5, 0.6) is 0 Å². The number of nitriles is 1. The predicted molar refractivity (Wildman–Crippen MR) is 51.8 cm³/mol. The molecule has 0 aliphatic rings. The number of thioether (sulfide) groups is 1. The van der Waals surface area contributed by atoms with Crippen molar-refractivity contribution in [2.75, 3.05) is 12.4 Å². The maximum atomic E-state index is 8.61. The topological polar surface area (TPSA) is 56.9 Å². The smallest absolute Gasteiger partial charge is 0.160 e. The fourth-order valence-electron chi connectivity index (χ4n) is 0.733. The van der Waals surface area contributed by atoms with Gasteiger partial charge >= 0.3 is 0 Å². The Kier molecular flexibility index (Phi) is 4.03. The Bertz CT molecular complexity index is 337. The van der Waals surface area contributed by atoms with Crippen LogP contribution < -0.4 is 0 Å². The van der Waals surface area contributed by atoms with E-state index in [-0.39, 0.29) is 12.3 Å². The van der Waals surface area contributed by atoms with E-state index in [9.17, 15) is 0 Å². The molecule has 0 aliphatic carbocycles. The Balaban J connectivity index is 2.82. The lowest BCUT2D eigenvalue weighted by molar-refractivity contribution is 0.322. The molecular weight excluding hydrogens is 208 g/mol. The van der Waals surface area contributed by atoms with Crippen molar-refractivity contribution in [3.05, 3.63) is 22.8 Å². The van der Waals surface area contributed by atoms with Crippen LogP contribution in [-0.4, -0.2) is 22.5 Å². The van der Waals surface area contributed by atoms with Gasteiger partial charge in [-0.15, -0.1) is 11.8 Å². The Morgan fingerprint density at radius 2 is 2.38 bits per heavy atom. The van der Waals surface area contributed by atoms with Gasteiger partial charge in [0.15, 0.2) is 5.69 Å². The van der Waals surface area contributed by atoms with Crippen LogP contribution in [0.15, 0.2) is 17.2 Å². The van der Waals surface area contributed by atoms with Gasteiger partial charge in [-0.3, -0.25) is 0 Å². The number of nitrogens with zero attached hydrogens (tertiary/aromatic N) is 2. The number of aliphatic hydroxyl groups excluding tert-OH is 1. The molecule has 1 aromatic rings. The molecule has 0 aromatic carbocycles. The highest BCUT2D eigenvalue weighted by Gasteiger charge is 2.02. The van der Waals surface area contributed by atoms with Crippen molar-refractivity contribution in [3.8, 4) is 6.07 Å². The fourth-order valence-corrected chi connectivity index (χ4v) is 1.50. The number of pyridine rings is 1. The van der Waals surface area contributed by atoms with Crippen molar-refractivity contribution in [3.63, 3.8) is 0 Å². The quantitative estimate of drug-likeness (QED) is 0.778. The van der Waals surface area contributed by atoms with Gasteiger partial charge in [-0.1, -0.05) is 11.6 Å². The summed E-state index contributed by atoms with van der Waals surface area (Å²) in [4.78, 5) is 3.99. The molecular formula is C8H7ClN2OS. The zero-order valence-corrected chi connectivity index (χ0v) is 8.27. The minimum atomic E-state index is 0.0941. The lowest BCUT2D eigenvalue weighted by Crippen LogP contribution is -1.90. The Labute approximate surface area is 85.4 Å². The molecule has 5 heteroatoms. The molecule has 1 aromatic heterocycles. The van der Waals surface area contributed by atoms with Crippen LogP contribution in [0.25, 0.3) is 0 Å². The second kappa shape index (κ2) is 5.07. The van der Waals surface area contributed by atoms with Crippen LogP contribution >= 0.6 is 23.4 Å². The predicted octanol–water partition coefficient (Wildman–Crippen LogP) is 1.69. The lowest BCUT2D eigenvalue weighted by Gasteiger charge is -1.99. The molecule has 0 amide bonds. The van der Waals surface area contributed by atoms with Crippen LogP contribution in [0.3, 0.4) is 0 Å². The largest absolute Gasteiger partial charge is 0.396 e. The van der Waals surface area contributed by atoms with Crippen molar-refractivity contribution in [1.82, 2.24) is 4.98 Å². The molecule has 0 saturated carbocycles. The van der Waals surface area contributed by atoms with E-state index in [2.05, 4.69) is 4.98 Å². The number of hydrogen-bond acceptors (Lipinski definition) is 4. The first-order valence-corrected chi connectivity index (χ1v) is 4.94. The normalized spacial score (nSPS) is 9.62. The average Bonchev–Trinajstić information content (AvgIpc) is 2.16. The molecule has 0 atom stereocenters. The summed E-state index contributed by atoms with van der Waals surface area (Å²) in [6.45, 7) is 0.0941. The lowest BCUT2D eigenvalue weighted by atomic mass is 10.4. The van der Waals surface area contributed by atoms with Crippen molar-refractivity contribution in [2.45, 2.75) is 5.03 Å². The number of aromatic nitrogens is 1. The minimum absolute atomic E-state index is 0.0941. The monoisotopic (exact) mass is 214 g/mol. The van der Waals surface area contributed by atoms with Crippen LogP contribution in [-0.2, 0) is 0 Å². The highest BCUT2D eigenvalue weighted by molar-refractivity contribution is 7.99. The van der Waals surface area contributed by atoms with Crippen LogP contribution in [0.1, 0.15) is 5.69 Å². The zero-order valence-electron chi connectivity index (χ0n) is 6.70. The average molecular weight is 215 g/mol. The van der Waals surface area contributed by atoms with Gasteiger partial charge in [0.2, 0.25) is 0 Å². The summed E-state index contributed by atoms with van der Waals surface area (Å²) in [5, 5.41) is 18.2. The number of aliphatic hydroxyl groups is 1. The summed E-state index contributed by atoms with van der Waals surface area (Å²) in [6.07, 6.45) is 0. The first kappa shape index (κ1) is 10.3. The molecule has 1 heterocycles. The summed E-state index contributed by atoms with van der Waals surface area (Å²) < 4.78 is 0. The van der Waals surface area contributed by atoms with E-state index in [0.717, 1.165) is 0 Å². The summed E-state index contributed by atoms with van der Waals surface area (Å²) in [6, 6.07) is 5.25. The molecule has 1 rings (SSSR count). The third-order valence-electron chi connectivity index (χ3n) is 1.27. The number of halogens is 1. The van der Waals surface area contributed by atoms with Gasteiger partial charge in [-0.2, -0.15) is 5.26 Å². The second-order valence-electron chi connectivity index (χ2n) is 2.16. The number of rotatable bonds is 3. The first-order chi connectivity index (χ1) is 6.27. The third kappa shape index (κ3) is 2.88. The van der Waals surface area contributed by atoms with E-state index in [0.29, 0.717) is 15.8 Å². The van der Waals surface area contributed by atoms with Gasteiger partial charge < -0.3 is 5.11 Å². The number of hydrogen-bond donors (Lipinski definition) is 1. The SMILES string of the molecule is N#Cc1nc(SCCO)ccc1Cl. The van der Waals surface area contributed by atoms with E-state index in [1.54, 1.807) is 12.1 Å². The molecule has 0 saturated heterocycles. The third-order valence-corrected chi connectivity index (χ3v) is 2.48. The van der Waals surface area contributed by atoms with Crippen molar-refractivity contribution in [2.24, 2.45) is 0 Å². The van der Waals surface area contributed by atoms with E-state index in [1.807, 2.05) is 6.07 Å². The van der Waals surface area contributed by atoms with E-state index >= 15 is 0 Å². The highest BCUT2D eigenvalue weighted by Crippen LogP contribution is 2.19. The molecule has 0 unspecified atom stereocenters. The van der Waals surface area contributed by atoms with E-state index in [1.165, 1.54) is 11.8 Å². The van der Waals surface area contributed by atoms with Crippen molar-refractivity contribution < 1.29 is 5.11 Å². The van der Waals surface area contributed by atoms with Gasteiger partial charge in [0.05, 0.1) is 16.7 Å². The Morgan fingerprint density at radius 1 is 1.62 bits per heavy atom. The fraction of sp³-hybridized carbons (Fsp3) is 0.250. The van der Waals surface area contributed by atoms with Gasteiger partial charge in [0.25, 0.3) is 0 Å². The summed E-state index contributed by atoms with van der Waals surface area (Å²) in [7, 11) is 0. The van der Waals surface area contributed by atoms with Crippen LogP contribution in [0.2, 0.25) is 5.02 Å². The van der Waals surface area contributed by atoms with Crippen LogP contribution in [0, 0.1) is 11.3 Å². The standard InChI is InChI=1S/C8H7ClN2OS/c9-6-1-2-8(13-4-3-12)11-7(6)5-10/h1-2,12H,3-4H2. The van der Waals surface area contributed by atoms with Gasteiger partial charge in [0.1, 0.15) is 6.07 Å². The second-order valence-corrected chi connectivity index (χ2v) is 3.69. The first-order valence-electron chi connectivity index (χ1n) is 3.58. The molecule has 3 nitrogen and oxygen atoms in total. The van der Waals surface area contributed by atoms with Gasteiger partial charge in [0, 0.05) is 5.75 Å². The molecule has 68 valence electrons. The molecule has 0 fully saturated rings.